The lowest BCUT2D eigenvalue weighted by Crippen LogP contribution is -2.35. The number of amides is 2. The summed E-state index contributed by atoms with van der Waals surface area (Å²) in [5, 5.41) is 9.41. The minimum atomic E-state index is -0.0869. The molecule has 2 aromatic rings. The van der Waals surface area contributed by atoms with Gasteiger partial charge in [0.1, 0.15) is 11.5 Å². The van der Waals surface area contributed by atoms with Crippen LogP contribution in [-0.2, 0) is 16.1 Å². The predicted molar refractivity (Wildman–Crippen MR) is 85.9 cm³/mol. The van der Waals surface area contributed by atoms with Crippen LogP contribution in [0, 0.1) is 18.8 Å². The second-order valence-corrected chi connectivity index (χ2v) is 6.16. The van der Waals surface area contributed by atoms with Crippen molar-refractivity contribution in [3.8, 4) is 0 Å². The molecule has 0 aliphatic heterocycles. The Bertz CT molecular complexity index is 685. The molecule has 7 nitrogen and oxygen atoms in total. The van der Waals surface area contributed by atoms with Crippen LogP contribution in [0.3, 0.4) is 0 Å². The third-order valence-corrected chi connectivity index (χ3v) is 4.36. The highest BCUT2D eigenvalue weighted by Crippen LogP contribution is 2.30. The van der Waals surface area contributed by atoms with Gasteiger partial charge in [-0.15, -0.1) is 0 Å². The molecule has 0 radical (unpaired) electrons. The number of hydrogen-bond acceptors (Lipinski definition) is 5. The van der Waals surface area contributed by atoms with E-state index in [0.717, 1.165) is 5.76 Å². The smallest absolute Gasteiger partial charge is 0.228 e. The SMILES string of the molecule is Cc1cc(NC(=O)C2CCC(C(=O)NCc3ccco3)CC2)no1. The van der Waals surface area contributed by atoms with E-state index < -0.39 is 0 Å². The van der Waals surface area contributed by atoms with E-state index in [1.54, 1.807) is 25.3 Å². The fourth-order valence-corrected chi connectivity index (χ4v) is 3.00. The number of furan rings is 1. The number of aryl methyl sites for hydroxylation is 1. The van der Waals surface area contributed by atoms with Crippen molar-refractivity contribution in [1.82, 2.24) is 10.5 Å². The van der Waals surface area contributed by atoms with E-state index in [9.17, 15) is 9.59 Å². The van der Waals surface area contributed by atoms with E-state index >= 15 is 0 Å². The average Bonchev–Trinajstić information content (AvgIpc) is 3.24. The number of aromatic nitrogens is 1. The summed E-state index contributed by atoms with van der Waals surface area (Å²) in [5.41, 5.74) is 0. The quantitative estimate of drug-likeness (QED) is 0.878. The molecular weight excluding hydrogens is 310 g/mol. The first-order valence-corrected chi connectivity index (χ1v) is 8.16. The van der Waals surface area contributed by atoms with Gasteiger partial charge >= 0.3 is 0 Å². The van der Waals surface area contributed by atoms with Crippen molar-refractivity contribution >= 4 is 17.6 Å². The lowest BCUT2D eigenvalue weighted by molar-refractivity contribution is -0.128. The van der Waals surface area contributed by atoms with Crippen molar-refractivity contribution in [2.45, 2.75) is 39.2 Å². The van der Waals surface area contributed by atoms with Crippen molar-refractivity contribution in [3.63, 3.8) is 0 Å². The number of hydrogen-bond donors (Lipinski definition) is 2. The standard InChI is InChI=1S/C17H21N3O4/c1-11-9-15(20-24-11)19-17(22)13-6-4-12(5-7-13)16(21)18-10-14-3-2-8-23-14/h2-3,8-9,12-13H,4-7,10H2,1H3,(H,18,21)(H,19,20,22). The molecule has 0 unspecified atom stereocenters. The molecule has 0 spiro atoms. The minimum absolute atomic E-state index is 0.0254. The summed E-state index contributed by atoms with van der Waals surface area (Å²) in [6, 6.07) is 5.31. The van der Waals surface area contributed by atoms with Gasteiger partial charge in [-0.2, -0.15) is 0 Å². The molecule has 2 aromatic heterocycles. The average molecular weight is 331 g/mol. The Morgan fingerprint density at radius 1 is 1.21 bits per heavy atom. The van der Waals surface area contributed by atoms with Crippen LogP contribution >= 0.6 is 0 Å². The number of carbonyl (C=O) groups excluding carboxylic acids is 2. The summed E-state index contributed by atoms with van der Waals surface area (Å²) in [7, 11) is 0. The molecule has 1 saturated carbocycles. The van der Waals surface area contributed by atoms with Gasteiger partial charge in [-0.1, -0.05) is 5.16 Å². The van der Waals surface area contributed by atoms with Gasteiger partial charge in [0.15, 0.2) is 5.82 Å². The summed E-state index contributed by atoms with van der Waals surface area (Å²) in [6.07, 6.45) is 4.39. The fourth-order valence-electron chi connectivity index (χ4n) is 3.00. The summed E-state index contributed by atoms with van der Waals surface area (Å²) in [4.78, 5) is 24.4. The second-order valence-electron chi connectivity index (χ2n) is 6.16. The van der Waals surface area contributed by atoms with Crippen LogP contribution in [0.2, 0.25) is 0 Å². The Morgan fingerprint density at radius 3 is 2.50 bits per heavy atom. The van der Waals surface area contributed by atoms with Crippen LogP contribution in [0.5, 0.6) is 0 Å². The topological polar surface area (TPSA) is 97.4 Å². The van der Waals surface area contributed by atoms with Gasteiger partial charge < -0.3 is 19.6 Å². The first-order chi connectivity index (χ1) is 11.6. The van der Waals surface area contributed by atoms with Crippen LogP contribution in [0.15, 0.2) is 33.4 Å². The maximum atomic E-state index is 12.2. The lowest BCUT2D eigenvalue weighted by Gasteiger charge is -2.26. The molecule has 0 aromatic carbocycles. The van der Waals surface area contributed by atoms with Crippen molar-refractivity contribution < 1.29 is 18.5 Å². The molecule has 3 rings (SSSR count). The highest BCUT2D eigenvalue weighted by Gasteiger charge is 2.30. The zero-order valence-corrected chi connectivity index (χ0v) is 13.6. The second kappa shape index (κ2) is 7.33. The third kappa shape index (κ3) is 4.04. The Balaban J connectivity index is 1.43. The fraction of sp³-hybridized carbons (Fsp3) is 0.471. The highest BCUT2D eigenvalue weighted by atomic mass is 16.5. The summed E-state index contributed by atoms with van der Waals surface area (Å²) >= 11 is 0. The van der Waals surface area contributed by atoms with Gasteiger partial charge in [0.05, 0.1) is 12.8 Å². The molecule has 2 amide bonds. The van der Waals surface area contributed by atoms with Crippen LogP contribution in [0.25, 0.3) is 0 Å². The van der Waals surface area contributed by atoms with Gasteiger partial charge in [0, 0.05) is 17.9 Å². The van der Waals surface area contributed by atoms with E-state index in [1.165, 1.54) is 0 Å². The lowest BCUT2D eigenvalue weighted by atomic mass is 9.81. The van der Waals surface area contributed by atoms with Gasteiger partial charge in [0.2, 0.25) is 11.8 Å². The van der Waals surface area contributed by atoms with E-state index in [0.29, 0.717) is 43.8 Å². The van der Waals surface area contributed by atoms with E-state index in [-0.39, 0.29) is 23.7 Å². The predicted octanol–water partition coefficient (Wildman–Crippen LogP) is 2.64. The van der Waals surface area contributed by atoms with Crippen molar-refractivity contribution in [2.24, 2.45) is 11.8 Å². The zero-order chi connectivity index (χ0) is 16.9. The normalized spacial score (nSPS) is 20.5. The molecule has 2 N–H and O–H groups in total. The number of rotatable bonds is 5. The molecule has 128 valence electrons. The maximum Gasteiger partial charge on any atom is 0.228 e. The largest absolute Gasteiger partial charge is 0.467 e. The molecule has 1 aliphatic carbocycles. The van der Waals surface area contributed by atoms with Crippen LogP contribution in [0.4, 0.5) is 5.82 Å². The van der Waals surface area contributed by atoms with Crippen LogP contribution in [-0.4, -0.2) is 17.0 Å². The van der Waals surface area contributed by atoms with Crippen molar-refractivity contribution in [1.29, 1.82) is 0 Å². The van der Waals surface area contributed by atoms with E-state index in [1.807, 2.05) is 6.07 Å². The number of anilines is 1. The molecule has 0 bridgehead atoms. The molecule has 2 heterocycles. The summed E-state index contributed by atoms with van der Waals surface area (Å²) in [6.45, 7) is 2.17. The molecule has 0 saturated heterocycles. The van der Waals surface area contributed by atoms with Crippen LogP contribution < -0.4 is 10.6 Å². The molecule has 1 aliphatic rings. The van der Waals surface area contributed by atoms with Gasteiger partial charge in [0.25, 0.3) is 0 Å². The molecule has 0 atom stereocenters. The Hall–Kier alpha value is -2.57. The molecule has 7 heteroatoms. The third-order valence-electron chi connectivity index (χ3n) is 4.36. The Labute approximate surface area is 139 Å². The first kappa shape index (κ1) is 16.3. The van der Waals surface area contributed by atoms with E-state index in [4.69, 9.17) is 8.94 Å². The van der Waals surface area contributed by atoms with Crippen LogP contribution in [0.1, 0.15) is 37.2 Å². The maximum absolute atomic E-state index is 12.2. The zero-order valence-electron chi connectivity index (χ0n) is 13.6. The summed E-state index contributed by atoms with van der Waals surface area (Å²) in [5.74, 6) is 1.67. The van der Waals surface area contributed by atoms with E-state index in [2.05, 4.69) is 15.8 Å². The number of carbonyl (C=O) groups is 2. The number of nitrogens with one attached hydrogen (secondary N) is 2. The van der Waals surface area contributed by atoms with Gasteiger partial charge in [-0.25, -0.2) is 0 Å². The van der Waals surface area contributed by atoms with Crippen molar-refractivity contribution in [3.05, 3.63) is 36.0 Å². The monoisotopic (exact) mass is 331 g/mol. The Morgan fingerprint density at radius 2 is 1.92 bits per heavy atom. The summed E-state index contributed by atoms with van der Waals surface area (Å²) < 4.78 is 10.1. The minimum Gasteiger partial charge on any atom is -0.467 e. The molecule has 1 fully saturated rings. The molecule has 24 heavy (non-hydrogen) atoms. The van der Waals surface area contributed by atoms with Gasteiger partial charge in [-0.05, 0) is 44.7 Å². The van der Waals surface area contributed by atoms with Crippen molar-refractivity contribution in [2.75, 3.05) is 5.32 Å². The highest BCUT2D eigenvalue weighted by molar-refractivity contribution is 5.91. The van der Waals surface area contributed by atoms with Gasteiger partial charge in [-0.3, -0.25) is 9.59 Å². The first-order valence-electron chi connectivity index (χ1n) is 8.16. The molecular formula is C17H21N3O4. The number of nitrogens with zero attached hydrogens (tertiary/aromatic N) is 1. The Kier molecular flexibility index (Phi) is 4.98.